The number of aliphatic hydroxyl groups is 1. The molecule has 1 aliphatic rings. The Labute approximate surface area is 88.3 Å². The molecule has 0 unspecified atom stereocenters. The van der Waals surface area contributed by atoms with Crippen LogP contribution in [-0.2, 0) is 0 Å². The monoisotopic (exact) mass is 199 g/mol. The van der Waals surface area contributed by atoms with Crippen molar-refractivity contribution >= 4 is 0 Å². The molecule has 14 heavy (non-hydrogen) atoms. The van der Waals surface area contributed by atoms with Gasteiger partial charge in [0.25, 0.3) is 0 Å². The Balaban J connectivity index is 2.52. The number of likely N-dealkylation sites (N-methyl/N-ethyl adjacent to an activating group) is 1. The SMILES string of the molecule is CCC(CC)N(C)[C@@H]1CCCC[C@H]1O. The van der Waals surface area contributed by atoms with Crippen LogP contribution in [0.1, 0.15) is 52.4 Å². The minimum atomic E-state index is -0.0886. The van der Waals surface area contributed by atoms with Gasteiger partial charge >= 0.3 is 0 Å². The van der Waals surface area contributed by atoms with Gasteiger partial charge in [0.15, 0.2) is 0 Å². The molecule has 84 valence electrons. The van der Waals surface area contributed by atoms with Gasteiger partial charge in [0.05, 0.1) is 6.10 Å². The second-order valence-electron chi connectivity index (χ2n) is 4.55. The lowest BCUT2D eigenvalue weighted by atomic mass is 9.90. The third-order valence-electron chi connectivity index (χ3n) is 3.74. The van der Waals surface area contributed by atoms with E-state index < -0.39 is 0 Å². The van der Waals surface area contributed by atoms with Gasteiger partial charge in [-0.1, -0.05) is 26.7 Å². The van der Waals surface area contributed by atoms with Crippen LogP contribution >= 0.6 is 0 Å². The van der Waals surface area contributed by atoms with Crippen LogP contribution in [0.5, 0.6) is 0 Å². The normalized spacial score (nSPS) is 28.7. The van der Waals surface area contributed by atoms with E-state index in [1.165, 1.54) is 32.1 Å². The van der Waals surface area contributed by atoms with Gasteiger partial charge < -0.3 is 5.11 Å². The highest BCUT2D eigenvalue weighted by molar-refractivity contribution is 4.84. The fourth-order valence-electron chi connectivity index (χ4n) is 2.70. The third kappa shape index (κ3) is 2.71. The molecule has 0 aliphatic heterocycles. The highest BCUT2D eigenvalue weighted by Crippen LogP contribution is 2.25. The van der Waals surface area contributed by atoms with E-state index in [0.29, 0.717) is 12.1 Å². The molecule has 0 amide bonds. The second-order valence-corrected chi connectivity index (χ2v) is 4.55. The predicted octanol–water partition coefficient (Wildman–Crippen LogP) is 2.41. The van der Waals surface area contributed by atoms with Crippen LogP contribution in [-0.4, -0.2) is 35.2 Å². The first kappa shape index (κ1) is 12.0. The summed E-state index contributed by atoms with van der Waals surface area (Å²) in [5.41, 5.74) is 0. The van der Waals surface area contributed by atoms with E-state index in [2.05, 4.69) is 25.8 Å². The number of hydrogen-bond donors (Lipinski definition) is 1. The lowest BCUT2D eigenvalue weighted by molar-refractivity contribution is 0.0110. The quantitative estimate of drug-likeness (QED) is 0.751. The van der Waals surface area contributed by atoms with E-state index in [1.807, 2.05) is 0 Å². The smallest absolute Gasteiger partial charge is 0.0695 e. The molecule has 0 aromatic rings. The maximum Gasteiger partial charge on any atom is 0.0695 e. The van der Waals surface area contributed by atoms with Crippen molar-refractivity contribution in [3.8, 4) is 0 Å². The Hall–Kier alpha value is -0.0800. The summed E-state index contributed by atoms with van der Waals surface area (Å²) in [5.74, 6) is 0. The van der Waals surface area contributed by atoms with Gasteiger partial charge in [-0.3, -0.25) is 4.90 Å². The first-order valence-corrected chi connectivity index (χ1v) is 6.10. The Kier molecular flexibility index (Phi) is 4.90. The van der Waals surface area contributed by atoms with Crippen molar-refractivity contribution in [1.29, 1.82) is 0 Å². The fourth-order valence-corrected chi connectivity index (χ4v) is 2.70. The predicted molar refractivity (Wildman–Crippen MR) is 60.4 cm³/mol. The maximum atomic E-state index is 9.94. The Morgan fingerprint density at radius 3 is 2.29 bits per heavy atom. The molecular formula is C12H25NO. The summed E-state index contributed by atoms with van der Waals surface area (Å²) in [4.78, 5) is 2.41. The van der Waals surface area contributed by atoms with Gasteiger partial charge in [0.1, 0.15) is 0 Å². The van der Waals surface area contributed by atoms with Crippen LogP contribution in [0.4, 0.5) is 0 Å². The fraction of sp³-hybridized carbons (Fsp3) is 1.00. The summed E-state index contributed by atoms with van der Waals surface area (Å²) in [7, 11) is 2.18. The number of rotatable bonds is 4. The van der Waals surface area contributed by atoms with Gasteiger partial charge in [-0.25, -0.2) is 0 Å². The van der Waals surface area contributed by atoms with E-state index in [4.69, 9.17) is 0 Å². The van der Waals surface area contributed by atoms with Crippen molar-refractivity contribution in [2.24, 2.45) is 0 Å². The molecule has 0 spiro atoms. The van der Waals surface area contributed by atoms with Crippen LogP contribution in [0, 0.1) is 0 Å². The largest absolute Gasteiger partial charge is 0.391 e. The molecule has 1 N–H and O–H groups in total. The topological polar surface area (TPSA) is 23.5 Å². The zero-order valence-electron chi connectivity index (χ0n) is 9.87. The highest BCUT2D eigenvalue weighted by atomic mass is 16.3. The standard InChI is InChI=1S/C12H25NO/c1-4-10(5-2)13(3)11-8-6-7-9-12(11)14/h10-12,14H,4-9H2,1-3H3/t11-,12-/m1/s1. The van der Waals surface area contributed by atoms with E-state index in [1.54, 1.807) is 0 Å². The average Bonchev–Trinajstić information content (AvgIpc) is 2.20. The van der Waals surface area contributed by atoms with Crippen LogP contribution in [0.3, 0.4) is 0 Å². The third-order valence-corrected chi connectivity index (χ3v) is 3.74. The van der Waals surface area contributed by atoms with Gasteiger partial charge in [0.2, 0.25) is 0 Å². The van der Waals surface area contributed by atoms with Gasteiger partial charge in [-0.2, -0.15) is 0 Å². The van der Waals surface area contributed by atoms with Gasteiger partial charge in [-0.15, -0.1) is 0 Å². The molecule has 1 rings (SSSR count). The van der Waals surface area contributed by atoms with Crippen molar-refractivity contribution in [2.45, 2.75) is 70.6 Å². The summed E-state index contributed by atoms with van der Waals surface area (Å²) in [6.45, 7) is 4.47. The summed E-state index contributed by atoms with van der Waals surface area (Å²) in [5, 5.41) is 9.94. The van der Waals surface area contributed by atoms with E-state index in [-0.39, 0.29) is 6.10 Å². The molecule has 0 heterocycles. The zero-order valence-corrected chi connectivity index (χ0v) is 9.87. The van der Waals surface area contributed by atoms with Crippen molar-refractivity contribution in [3.05, 3.63) is 0 Å². The average molecular weight is 199 g/mol. The molecule has 1 aliphatic carbocycles. The zero-order chi connectivity index (χ0) is 10.6. The minimum Gasteiger partial charge on any atom is -0.391 e. The van der Waals surface area contributed by atoms with Crippen LogP contribution < -0.4 is 0 Å². The Bertz CT molecular complexity index is 156. The van der Waals surface area contributed by atoms with E-state index >= 15 is 0 Å². The number of hydrogen-bond acceptors (Lipinski definition) is 2. The van der Waals surface area contributed by atoms with E-state index in [9.17, 15) is 5.11 Å². The lowest BCUT2D eigenvalue weighted by Crippen LogP contribution is -2.47. The first-order valence-electron chi connectivity index (χ1n) is 6.10. The molecule has 0 bridgehead atoms. The molecule has 0 aromatic carbocycles. The number of nitrogens with zero attached hydrogens (tertiary/aromatic N) is 1. The summed E-state index contributed by atoms with van der Waals surface area (Å²) in [6.07, 6.45) is 6.95. The van der Waals surface area contributed by atoms with E-state index in [0.717, 1.165) is 6.42 Å². The maximum absolute atomic E-state index is 9.94. The molecule has 0 saturated heterocycles. The van der Waals surface area contributed by atoms with Crippen LogP contribution in [0.25, 0.3) is 0 Å². The first-order chi connectivity index (χ1) is 6.70. The minimum absolute atomic E-state index is 0.0886. The van der Waals surface area contributed by atoms with Crippen LogP contribution in [0.2, 0.25) is 0 Å². The molecule has 1 saturated carbocycles. The van der Waals surface area contributed by atoms with Crippen molar-refractivity contribution < 1.29 is 5.11 Å². The number of aliphatic hydroxyl groups excluding tert-OH is 1. The second kappa shape index (κ2) is 5.72. The Morgan fingerprint density at radius 1 is 1.21 bits per heavy atom. The molecule has 0 radical (unpaired) electrons. The molecule has 2 nitrogen and oxygen atoms in total. The molecule has 0 aromatic heterocycles. The summed E-state index contributed by atoms with van der Waals surface area (Å²) >= 11 is 0. The van der Waals surface area contributed by atoms with Gasteiger partial charge in [-0.05, 0) is 32.7 Å². The van der Waals surface area contributed by atoms with Crippen LogP contribution in [0.15, 0.2) is 0 Å². The Morgan fingerprint density at radius 2 is 1.79 bits per heavy atom. The van der Waals surface area contributed by atoms with Crippen molar-refractivity contribution in [2.75, 3.05) is 7.05 Å². The molecule has 2 atom stereocenters. The van der Waals surface area contributed by atoms with Crippen molar-refractivity contribution in [3.63, 3.8) is 0 Å². The molecule has 1 fully saturated rings. The lowest BCUT2D eigenvalue weighted by Gasteiger charge is -2.39. The van der Waals surface area contributed by atoms with Gasteiger partial charge in [0, 0.05) is 12.1 Å². The molecule has 2 heteroatoms. The summed E-state index contributed by atoms with van der Waals surface area (Å²) < 4.78 is 0. The summed E-state index contributed by atoms with van der Waals surface area (Å²) in [6, 6.07) is 1.06. The van der Waals surface area contributed by atoms with Crippen molar-refractivity contribution in [1.82, 2.24) is 4.90 Å². The highest BCUT2D eigenvalue weighted by Gasteiger charge is 2.29. The molecular weight excluding hydrogens is 174 g/mol.